The van der Waals surface area contributed by atoms with Gasteiger partial charge in [0, 0.05) is 12.1 Å². The molecule has 3 N–H and O–H groups in total. The van der Waals surface area contributed by atoms with Crippen LogP contribution in [-0.4, -0.2) is 28.0 Å². The molecule has 20 heavy (non-hydrogen) atoms. The van der Waals surface area contributed by atoms with Crippen LogP contribution in [0.3, 0.4) is 0 Å². The first-order valence-electron chi connectivity index (χ1n) is 7.02. The smallest absolute Gasteiger partial charge is 0.271 e. The minimum atomic E-state index is -0.189. The van der Waals surface area contributed by atoms with Gasteiger partial charge in [-0.25, -0.2) is 4.98 Å². The van der Waals surface area contributed by atoms with Gasteiger partial charge >= 0.3 is 0 Å². The molecule has 104 valence electrons. The molecule has 2 atom stereocenters. The fraction of sp³-hybridized carbons (Fsp3) is 0.400. The largest absolute Gasteiger partial charge is 0.346 e. The molecule has 0 spiro atoms. The van der Waals surface area contributed by atoms with Gasteiger partial charge in [-0.15, -0.1) is 0 Å². The number of carbonyl (C=O) groups excluding carboxylic acids is 1. The van der Waals surface area contributed by atoms with Gasteiger partial charge in [0.1, 0.15) is 5.69 Å². The molecule has 0 bridgehead atoms. The van der Waals surface area contributed by atoms with Gasteiger partial charge in [-0.2, -0.15) is 0 Å². The van der Waals surface area contributed by atoms with Gasteiger partial charge in [0.2, 0.25) is 0 Å². The summed E-state index contributed by atoms with van der Waals surface area (Å²) < 4.78 is 0. The minimum absolute atomic E-state index is 0.0427. The number of hydrogen-bond acceptors (Lipinski definition) is 4. The number of nitrogens with one attached hydrogen (secondary N) is 1. The van der Waals surface area contributed by atoms with Crippen LogP contribution in [0.25, 0.3) is 11.0 Å². The molecule has 1 aromatic carbocycles. The second kappa shape index (κ2) is 5.54. The van der Waals surface area contributed by atoms with E-state index in [2.05, 4.69) is 15.3 Å². The van der Waals surface area contributed by atoms with Crippen LogP contribution in [0.4, 0.5) is 0 Å². The van der Waals surface area contributed by atoms with Crippen molar-refractivity contribution in [2.75, 3.05) is 0 Å². The number of aromatic nitrogens is 2. The summed E-state index contributed by atoms with van der Waals surface area (Å²) in [5.74, 6) is -0.189. The van der Waals surface area contributed by atoms with Crippen molar-refractivity contribution in [1.82, 2.24) is 15.3 Å². The molecule has 2 aromatic rings. The van der Waals surface area contributed by atoms with Crippen LogP contribution in [0, 0.1) is 0 Å². The van der Waals surface area contributed by atoms with Gasteiger partial charge in [-0.3, -0.25) is 9.78 Å². The number of benzene rings is 1. The Morgan fingerprint density at radius 1 is 1.20 bits per heavy atom. The van der Waals surface area contributed by atoms with E-state index in [1.807, 2.05) is 24.3 Å². The van der Waals surface area contributed by atoms with Gasteiger partial charge in [-0.05, 0) is 25.0 Å². The van der Waals surface area contributed by atoms with Gasteiger partial charge in [-0.1, -0.05) is 25.0 Å². The van der Waals surface area contributed by atoms with Crippen molar-refractivity contribution in [1.29, 1.82) is 0 Å². The summed E-state index contributed by atoms with van der Waals surface area (Å²) in [6.45, 7) is 0. The first-order chi connectivity index (χ1) is 9.74. The molecule has 2 unspecified atom stereocenters. The molecule has 1 aliphatic carbocycles. The molecule has 0 aliphatic heterocycles. The standard InChI is InChI=1S/C15H18N4O/c16-10-5-1-2-6-11(10)19-15(20)14-9-17-12-7-3-4-8-13(12)18-14/h3-4,7-11H,1-2,5-6,16H2,(H,19,20). The van der Waals surface area contributed by atoms with E-state index in [1.54, 1.807) is 0 Å². The van der Waals surface area contributed by atoms with Crippen molar-refractivity contribution in [3.8, 4) is 0 Å². The summed E-state index contributed by atoms with van der Waals surface area (Å²) in [7, 11) is 0. The van der Waals surface area contributed by atoms with Gasteiger partial charge < -0.3 is 11.1 Å². The SMILES string of the molecule is NC1CCCCC1NC(=O)c1cnc2ccccc2n1. The van der Waals surface area contributed by atoms with Gasteiger partial charge in [0.05, 0.1) is 17.2 Å². The highest BCUT2D eigenvalue weighted by molar-refractivity contribution is 5.93. The molecule has 0 radical (unpaired) electrons. The molecule has 3 rings (SSSR count). The van der Waals surface area contributed by atoms with E-state index in [9.17, 15) is 4.79 Å². The molecule has 1 fully saturated rings. The highest BCUT2D eigenvalue weighted by Gasteiger charge is 2.24. The lowest BCUT2D eigenvalue weighted by molar-refractivity contribution is 0.0916. The lowest BCUT2D eigenvalue weighted by Crippen LogP contribution is -2.49. The fourth-order valence-electron chi connectivity index (χ4n) is 2.65. The molecule has 1 amide bonds. The van der Waals surface area contributed by atoms with E-state index < -0.39 is 0 Å². The highest BCUT2D eigenvalue weighted by atomic mass is 16.2. The third-order valence-electron chi connectivity index (χ3n) is 3.82. The molecule has 1 heterocycles. The first kappa shape index (κ1) is 13.0. The fourth-order valence-corrected chi connectivity index (χ4v) is 2.65. The Labute approximate surface area is 117 Å². The van der Waals surface area contributed by atoms with Crippen molar-refractivity contribution in [3.05, 3.63) is 36.2 Å². The number of para-hydroxylation sites is 2. The van der Waals surface area contributed by atoms with Gasteiger partial charge in [0.15, 0.2) is 0 Å². The van der Waals surface area contributed by atoms with Crippen molar-refractivity contribution in [2.24, 2.45) is 5.73 Å². The van der Waals surface area contributed by atoms with Crippen LogP contribution in [0.2, 0.25) is 0 Å². The molecule has 1 aliphatic rings. The maximum Gasteiger partial charge on any atom is 0.271 e. The Bertz CT molecular complexity index is 628. The van der Waals surface area contributed by atoms with Crippen LogP contribution in [0.15, 0.2) is 30.5 Å². The molecule has 1 aromatic heterocycles. The summed E-state index contributed by atoms with van der Waals surface area (Å²) in [5.41, 5.74) is 7.91. The third kappa shape index (κ3) is 2.63. The van der Waals surface area contributed by atoms with E-state index in [-0.39, 0.29) is 18.0 Å². The number of rotatable bonds is 2. The maximum absolute atomic E-state index is 12.2. The predicted molar refractivity (Wildman–Crippen MR) is 77.2 cm³/mol. The molecule has 1 saturated carbocycles. The predicted octanol–water partition coefficient (Wildman–Crippen LogP) is 1.63. The Kier molecular flexibility index (Phi) is 3.60. The lowest BCUT2D eigenvalue weighted by Gasteiger charge is -2.29. The quantitative estimate of drug-likeness (QED) is 0.869. The molecule has 5 heteroatoms. The Balaban J connectivity index is 1.78. The molecule has 0 saturated heterocycles. The second-order valence-electron chi connectivity index (χ2n) is 5.27. The zero-order valence-corrected chi connectivity index (χ0v) is 11.2. The van der Waals surface area contributed by atoms with E-state index in [1.165, 1.54) is 6.20 Å². The number of carbonyl (C=O) groups is 1. The summed E-state index contributed by atoms with van der Waals surface area (Å²) >= 11 is 0. The summed E-state index contributed by atoms with van der Waals surface area (Å²) in [5, 5.41) is 2.98. The van der Waals surface area contributed by atoms with Gasteiger partial charge in [0.25, 0.3) is 5.91 Å². The Morgan fingerprint density at radius 2 is 1.95 bits per heavy atom. The monoisotopic (exact) mass is 270 g/mol. The van der Waals surface area contributed by atoms with Crippen LogP contribution >= 0.6 is 0 Å². The number of nitrogens with two attached hydrogens (primary N) is 1. The van der Waals surface area contributed by atoms with E-state index >= 15 is 0 Å². The van der Waals surface area contributed by atoms with Crippen molar-refractivity contribution in [3.63, 3.8) is 0 Å². The number of hydrogen-bond donors (Lipinski definition) is 2. The Hall–Kier alpha value is -2.01. The average molecular weight is 270 g/mol. The number of nitrogens with zero attached hydrogens (tertiary/aromatic N) is 2. The van der Waals surface area contributed by atoms with E-state index in [0.29, 0.717) is 5.69 Å². The topological polar surface area (TPSA) is 80.9 Å². The summed E-state index contributed by atoms with van der Waals surface area (Å²) in [6.07, 6.45) is 5.68. The van der Waals surface area contributed by atoms with Crippen LogP contribution < -0.4 is 11.1 Å². The normalized spacial score (nSPS) is 22.6. The average Bonchev–Trinajstić information content (AvgIpc) is 2.49. The first-order valence-corrected chi connectivity index (χ1v) is 7.02. The Morgan fingerprint density at radius 3 is 2.75 bits per heavy atom. The summed E-state index contributed by atoms with van der Waals surface area (Å²) in [4.78, 5) is 20.8. The number of fused-ring (bicyclic) bond motifs is 1. The third-order valence-corrected chi connectivity index (χ3v) is 3.82. The van der Waals surface area contributed by atoms with Crippen LogP contribution in [0.1, 0.15) is 36.2 Å². The zero-order valence-electron chi connectivity index (χ0n) is 11.2. The maximum atomic E-state index is 12.2. The number of amides is 1. The molecule has 5 nitrogen and oxygen atoms in total. The second-order valence-corrected chi connectivity index (χ2v) is 5.27. The molecular formula is C15H18N4O. The lowest BCUT2D eigenvalue weighted by atomic mass is 9.91. The van der Waals surface area contributed by atoms with E-state index in [0.717, 1.165) is 36.7 Å². The zero-order chi connectivity index (χ0) is 13.9. The minimum Gasteiger partial charge on any atom is -0.346 e. The van der Waals surface area contributed by atoms with Crippen LogP contribution in [0.5, 0.6) is 0 Å². The van der Waals surface area contributed by atoms with E-state index in [4.69, 9.17) is 5.73 Å². The molecular weight excluding hydrogens is 252 g/mol. The van der Waals surface area contributed by atoms with Crippen molar-refractivity contribution >= 4 is 16.9 Å². The van der Waals surface area contributed by atoms with Crippen molar-refractivity contribution in [2.45, 2.75) is 37.8 Å². The highest BCUT2D eigenvalue weighted by Crippen LogP contribution is 2.17. The van der Waals surface area contributed by atoms with Crippen LogP contribution in [-0.2, 0) is 0 Å². The summed E-state index contributed by atoms with van der Waals surface area (Å²) in [6, 6.07) is 7.60. The van der Waals surface area contributed by atoms with Crippen molar-refractivity contribution < 1.29 is 4.79 Å².